The number of aromatic nitrogens is 2. The average Bonchev–Trinajstić information content (AvgIpc) is 2.59. The maximum atomic E-state index is 9.83. The Morgan fingerprint density at radius 1 is 1.67 bits per heavy atom. The molecule has 0 saturated carbocycles. The number of anilines is 1. The predicted octanol–water partition coefficient (Wildman–Crippen LogP) is -0.104. The monoisotopic (exact) mass is 208 g/mol. The van der Waals surface area contributed by atoms with Gasteiger partial charge in [0, 0.05) is 25.8 Å². The molecule has 5 heteroatoms. The molecule has 1 saturated heterocycles. The number of hydrogen-bond acceptors (Lipinski definition) is 5. The number of aliphatic hydroxyl groups is 1. The van der Waals surface area contributed by atoms with Crippen LogP contribution in [-0.4, -0.2) is 33.8 Å². The van der Waals surface area contributed by atoms with Crippen molar-refractivity contribution in [3.63, 3.8) is 0 Å². The molecular formula is C10H16N4O. The van der Waals surface area contributed by atoms with Gasteiger partial charge in [-0.15, -0.1) is 0 Å². The quantitative estimate of drug-likeness (QED) is 0.709. The van der Waals surface area contributed by atoms with Crippen molar-refractivity contribution in [2.45, 2.75) is 25.5 Å². The van der Waals surface area contributed by atoms with Crippen LogP contribution < -0.4 is 10.6 Å². The number of β-amino-alcohol motifs (C(OH)–C–C–N with tert-alkyl or cyclic N) is 1. The van der Waals surface area contributed by atoms with Crippen molar-refractivity contribution < 1.29 is 5.11 Å². The van der Waals surface area contributed by atoms with Crippen molar-refractivity contribution >= 4 is 5.95 Å². The highest BCUT2D eigenvalue weighted by Gasteiger charge is 2.32. The Morgan fingerprint density at radius 2 is 2.47 bits per heavy atom. The first-order valence-electron chi connectivity index (χ1n) is 5.10. The van der Waals surface area contributed by atoms with Crippen molar-refractivity contribution in [2.75, 3.05) is 18.0 Å². The Hall–Kier alpha value is -1.20. The summed E-state index contributed by atoms with van der Waals surface area (Å²) in [4.78, 5) is 10.5. The van der Waals surface area contributed by atoms with Gasteiger partial charge in [-0.3, -0.25) is 0 Å². The summed E-state index contributed by atoms with van der Waals surface area (Å²) in [5.41, 5.74) is 5.72. The minimum atomic E-state index is -0.623. The van der Waals surface area contributed by atoms with Gasteiger partial charge in [-0.25, -0.2) is 9.97 Å². The second-order valence-electron chi connectivity index (χ2n) is 4.22. The molecule has 2 rings (SSSR count). The van der Waals surface area contributed by atoms with Gasteiger partial charge >= 0.3 is 0 Å². The predicted molar refractivity (Wildman–Crippen MR) is 57.4 cm³/mol. The summed E-state index contributed by atoms with van der Waals surface area (Å²) in [6, 6.07) is 1.80. The normalized spacial score (nSPS) is 25.9. The van der Waals surface area contributed by atoms with Crippen molar-refractivity contribution in [2.24, 2.45) is 5.73 Å². The lowest BCUT2D eigenvalue weighted by Crippen LogP contribution is -2.30. The fourth-order valence-corrected chi connectivity index (χ4v) is 1.77. The van der Waals surface area contributed by atoms with Crippen LogP contribution in [0.1, 0.15) is 19.0 Å². The number of nitrogens with zero attached hydrogens (tertiary/aromatic N) is 3. The zero-order valence-corrected chi connectivity index (χ0v) is 8.85. The molecule has 1 fully saturated rings. The maximum Gasteiger partial charge on any atom is 0.225 e. The molecule has 82 valence electrons. The molecule has 15 heavy (non-hydrogen) atoms. The number of hydrogen-bond donors (Lipinski definition) is 2. The fourth-order valence-electron chi connectivity index (χ4n) is 1.77. The van der Waals surface area contributed by atoms with Crippen LogP contribution in [0.3, 0.4) is 0 Å². The van der Waals surface area contributed by atoms with Crippen LogP contribution in [0.2, 0.25) is 0 Å². The highest BCUT2D eigenvalue weighted by atomic mass is 16.3. The van der Waals surface area contributed by atoms with Gasteiger partial charge in [0.25, 0.3) is 0 Å². The van der Waals surface area contributed by atoms with Crippen molar-refractivity contribution in [3.8, 4) is 0 Å². The Morgan fingerprint density at radius 3 is 3.07 bits per heavy atom. The minimum absolute atomic E-state index is 0.416. The molecule has 1 unspecified atom stereocenters. The van der Waals surface area contributed by atoms with E-state index in [9.17, 15) is 5.11 Å². The third-order valence-electron chi connectivity index (χ3n) is 2.64. The van der Waals surface area contributed by atoms with E-state index in [-0.39, 0.29) is 0 Å². The molecule has 0 aliphatic carbocycles. The van der Waals surface area contributed by atoms with Crippen molar-refractivity contribution in [1.82, 2.24) is 9.97 Å². The Labute approximate surface area is 88.9 Å². The van der Waals surface area contributed by atoms with E-state index in [4.69, 9.17) is 5.73 Å². The van der Waals surface area contributed by atoms with E-state index in [0.29, 0.717) is 19.0 Å². The third-order valence-corrected chi connectivity index (χ3v) is 2.64. The lowest BCUT2D eigenvalue weighted by Gasteiger charge is -2.18. The van der Waals surface area contributed by atoms with E-state index < -0.39 is 5.60 Å². The van der Waals surface area contributed by atoms with Crippen LogP contribution in [0, 0.1) is 0 Å². The molecule has 0 aromatic carbocycles. The van der Waals surface area contributed by atoms with Gasteiger partial charge in [0.2, 0.25) is 5.95 Å². The van der Waals surface area contributed by atoms with Crippen LogP contribution in [0.4, 0.5) is 5.95 Å². The lowest BCUT2D eigenvalue weighted by molar-refractivity contribution is 0.0838. The Kier molecular flexibility index (Phi) is 2.58. The van der Waals surface area contributed by atoms with Gasteiger partial charge in [-0.2, -0.15) is 0 Å². The maximum absolute atomic E-state index is 9.83. The van der Waals surface area contributed by atoms with Crippen LogP contribution in [0.25, 0.3) is 0 Å². The van der Waals surface area contributed by atoms with E-state index in [0.717, 1.165) is 18.7 Å². The largest absolute Gasteiger partial charge is 0.388 e. The van der Waals surface area contributed by atoms with Gasteiger partial charge in [0.05, 0.1) is 11.3 Å². The second kappa shape index (κ2) is 3.75. The molecule has 3 N–H and O–H groups in total. The average molecular weight is 208 g/mol. The van der Waals surface area contributed by atoms with E-state index in [1.54, 1.807) is 12.3 Å². The van der Waals surface area contributed by atoms with Gasteiger partial charge in [0.1, 0.15) is 0 Å². The summed E-state index contributed by atoms with van der Waals surface area (Å²) in [5, 5.41) is 9.83. The third kappa shape index (κ3) is 2.24. The molecule has 5 nitrogen and oxygen atoms in total. The SMILES string of the molecule is CC1(O)CCN(c2nccc(CN)n2)C1. The van der Waals surface area contributed by atoms with Crippen LogP contribution in [-0.2, 0) is 6.54 Å². The molecule has 1 aliphatic heterocycles. The minimum Gasteiger partial charge on any atom is -0.388 e. The molecule has 1 atom stereocenters. The second-order valence-corrected chi connectivity index (χ2v) is 4.22. The lowest BCUT2D eigenvalue weighted by atomic mass is 10.1. The van der Waals surface area contributed by atoms with Crippen molar-refractivity contribution in [3.05, 3.63) is 18.0 Å². The number of nitrogens with two attached hydrogens (primary N) is 1. The van der Waals surface area contributed by atoms with Crippen molar-refractivity contribution in [1.29, 1.82) is 0 Å². The topological polar surface area (TPSA) is 75.3 Å². The summed E-state index contributed by atoms with van der Waals surface area (Å²) in [7, 11) is 0. The summed E-state index contributed by atoms with van der Waals surface area (Å²) in [6.07, 6.45) is 2.46. The molecule has 0 bridgehead atoms. The molecule has 0 spiro atoms. The first-order chi connectivity index (χ1) is 7.11. The first-order valence-corrected chi connectivity index (χ1v) is 5.10. The molecule has 1 aromatic heterocycles. The number of rotatable bonds is 2. The highest BCUT2D eigenvalue weighted by Crippen LogP contribution is 2.23. The molecular weight excluding hydrogens is 192 g/mol. The van der Waals surface area contributed by atoms with Crippen LogP contribution in [0.5, 0.6) is 0 Å². The van der Waals surface area contributed by atoms with Gasteiger partial charge in [-0.05, 0) is 19.4 Å². The molecule has 1 aromatic rings. The zero-order valence-electron chi connectivity index (χ0n) is 8.85. The highest BCUT2D eigenvalue weighted by molar-refractivity contribution is 5.33. The smallest absolute Gasteiger partial charge is 0.225 e. The van der Waals surface area contributed by atoms with E-state index >= 15 is 0 Å². The molecule has 2 heterocycles. The molecule has 0 radical (unpaired) electrons. The fraction of sp³-hybridized carbons (Fsp3) is 0.600. The van der Waals surface area contributed by atoms with E-state index in [1.165, 1.54) is 0 Å². The van der Waals surface area contributed by atoms with Crippen LogP contribution in [0.15, 0.2) is 12.3 Å². The summed E-state index contributed by atoms with van der Waals surface area (Å²) < 4.78 is 0. The summed E-state index contributed by atoms with van der Waals surface area (Å²) in [5.74, 6) is 0.663. The Balaban J connectivity index is 2.16. The summed E-state index contributed by atoms with van der Waals surface area (Å²) >= 11 is 0. The standard InChI is InChI=1S/C10H16N4O/c1-10(15)3-5-14(7-10)9-12-4-2-8(6-11)13-9/h2,4,15H,3,5-7,11H2,1H3. The first kappa shape index (κ1) is 10.3. The van der Waals surface area contributed by atoms with Crippen LogP contribution >= 0.6 is 0 Å². The van der Waals surface area contributed by atoms with Gasteiger partial charge < -0.3 is 15.7 Å². The zero-order chi connectivity index (χ0) is 10.9. The van der Waals surface area contributed by atoms with Gasteiger partial charge in [-0.1, -0.05) is 0 Å². The molecule has 1 aliphatic rings. The summed E-state index contributed by atoms with van der Waals surface area (Å²) in [6.45, 7) is 3.63. The van der Waals surface area contributed by atoms with E-state index in [2.05, 4.69) is 9.97 Å². The molecule has 0 amide bonds. The van der Waals surface area contributed by atoms with Gasteiger partial charge in [0.15, 0.2) is 0 Å². The van der Waals surface area contributed by atoms with E-state index in [1.807, 2.05) is 11.8 Å². The Bertz CT molecular complexity index is 353.